The predicted molar refractivity (Wildman–Crippen MR) is 119 cm³/mol. The quantitative estimate of drug-likeness (QED) is 0.507. The topological polar surface area (TPSA) is 64.2 Å². The van der Waals surface area contributed by atoms with E-state index in [-0.39, 0.29) is 0 Å². The molecule has 0 aliphatic rings. The fraction of sp³-hybridized carbons (Fsp3) is 0.120. The zero-order valence-electron chi connectivity index (χ0n) is 16.9. The van der Waals surface area contributed by atoms with Crippen LogP contribution in [0.3, 0.4) is 0 Å². The number of hydrogen-bond donors (Lipinski definition) is 1. The van der Waals surface area contributed by atoms with Gasteiger partial charge in [0.25, 0.3) is 0 Å². The van der Waals surface area contributed by atoms with Crippen molar-refractivity contribution in [1.29, 1.82) is 0 Å². The summed E-state index contributed by atoms with van der Waals surface area (Å²) < 4.78 is 1.93. The maximum atomic E-state index is 11.5. The van der Waals surface area contributed by atoms with Gasteiger partial charge in [-0.2, -0.15) is 5.10 Å². The summed E-state index contributed by atoms with van der Waals surface area (Å²) in [6.45, 7) is 1.42. The number of para-hydroxylation sites is 1. The van der Waals surface area contributed by atoms with E-state index < -0.39 is 5.91 Å². The Balaban J connectivity index is 1.62. The summed E-state index contributed by atoms with van der Waals surface area (Å²) in [4.78, 5) is 13.7. The Morgan fingerprint density at radius 3 is 2.33 bits per heavy atom. The number of amides is 1. The average Bonchev–Trinajstić information content (AvgIpc) is 3.18. The number of primary amides is 1. The Kier molecular flexibility index (Phi) is 5.72. The molecular weight excluding hydrogens is 372 g/mol. The molecule has 1 heterocycles. The molecule has 150 valence electrons. The van der Waals surface area contributed by atoms with E-state index in [1.807, 2.05) is 71.4 Å². The molecule has 0 atom stereocenters. The Morgan fingerprint density at radius 2 is 1.63 bits per heavy atom. The number of hydrogen-bond acceptors (Lipinski definition) is 3. The van der Waals surface area contributed by atoms with Gasteiger partial charge in [-0.1, -0.05) is 60.7 Å². The second kappa shape index (κ2) is 8.76. The highest BCUT2D eigenvalue weighted by atomic mass is 16.1. The normalized spacial score (nSPS) is 11.0. The summed E-state index contributed by atoms with van der Waals surface area (Å²) in [6.07, 6.45) is 2.09. The Labute approximate surface area is 176 Å². The van der Waals surface area contributed by atoms with Gasteiger partial charge in [-0.25, -0.2) is 4.68 Å². The van der Waals surface area contributed by atoms with E-state index in [1.54, 1.807) is 6.07 Å². The molecule has 1 aromatic heterocycles. The molecule has 0 saturated heterocycles. The third-order valence-electron chi connectivity index (χ3n) is 4.96. The maximum Gasteiger partial charge on any atom is 0.248 e. The minimum absolute atomic E-state index is 0.407. The van der Waals surface area contributed by atoms with Crippen molar-refractivity contribution >= 4 is 5.91 Å². The molecule has 0 spiro atoms. The van der Waals surface area contributed by atoms with E-state index >= 15 is 0 Å². The van der Waals surface area contributed by atoms with E-state index in [9.17, 15) is 4.79 Å². The van der Waals surface area contributed by atoms with Crippen LogP contribution in [0.25, 0.3) is 16.9 Å². The minimum atomic E-state index is -0.407. The van der Waals surface area contributed by atoms with E-state index in [0.29, 0.717) is 12.1 Å². The first-order chi connectivity index (χ1) is 14.6. The van der Waals surface area contributed by atoms with Crippen LogP contribution < -0.4 is 5.73 Å². The molecule has 1 amide bonds. The molecule has 2 N–H and O–H groups in total. The molecule has 4 aromatic rings. The highest BCUT2D eigenvalue weighted by Crippen LogP contribution is 2.25. The SMILES string of the molecule is CN(Cc1cccc(C(N)=O)c1)Cc1cn(-c2ccccc2)nc1-c1ccccc1. The molecule has 3 aromatic carbocycles. The van der Waals surface area contributed by atoms with Gasteiger partial charge in [-0.3, -0.25) is 9.69 Å². The van der Waals surface area contributed by atoms with Crippen LogP contribution in [-0.2, 0) is 13.1 Å². The molecule has 0 aliphatic carbocycles. The minimum Gasteiger partial charge on any atom is -0.366 e. The van der Waals surface area contributed by atoms with Gasteiger partial charge < -0.3 is 5.73 Å². The first-order valence-corrected chi connectivity index (χ1v) is 9.87. The van der Waals surface area contributed by atoms with Gasteiger partial charge in [0.05, 0.1) is 11.4 Å². The van der Waals surface area contributed by atoms with Crippen molar-refractivity contribution in [2.45, 2.75) is 13.1 Å². The third-order valence-corrected chi connectivity index (χ3v) is 4.96. The van der Waals surface area contributed by atoms with Gasteiger partial charge in [0.2, 0.25) is 5.91 Å². The van der Waals surface area contributed by atoms with Gasteiger partial charge in [-0.15, -0.1) is 0 Å². The fourth-order valence-electron chi connectivity index (χ4n) is 3.56. The monoisotopic (exact) mass is 396 g/mol. The van der Waals surface area contributed by atoms with Crippen molar-refractivity contribution in [3.05, 3.63) is 108 Å². The number of nitrogens with two attached hydrogens (primary N) is 1. The van der Waals surface area contributed by atoms with Crippen molar-refractivity contribution in [3.8, 4) is 16.9 Å². The van der Waals surface area contributed by atoms with Crippen molar-refractivity contribution < 1.29 is 4.79 Å². The molecule has 0 unspecified atom stereocenters. The number of nitrogens with zero attached hydrogens (tertiary/aromatic N) is 3. The van der Waals surface area contributed by atoms with Gasteiger partial charge in [0.15, 0.2) is 0 Å². The van der Waals surface area contributed by atoms with Crippen LogP contribution in [0.15, 0.2) is 91.1 Å². The molecule has 0 aliphatic heterocycles. The van der Waals surface area contributed by atoms with Crippen LogP contribution in [0.2, 0.25) is 0 Å². The van der Waals surface area contributed by atoms with Crippen LogP contribution in [-0.4, -0.2) is 27.6 Å². The molecule has 0 saturated carbocycles. The van der Waals surface area contributed by atoms with Gasteiger partial charge in [-0.05, 0) is 36.9 Å². The number of rotatable bonds is 7. The highest BCUT2D eigenvalue weighted by molar-refractivity contribution is 5.92. The zero-order valence-corrected chi connectivity index (χ0v) is 16.9. The van der Waals surface area contributed by atoms with Crippen LogP contribution in [0.5, 0.6) is 0 Å². The van der Waals surface area contributed by atoms with Crippen LogP contribution in [0.4, 0.5) is 0 Å². The van der Waals surface area contributed by atoms with Gasteiger partial charge in [0.1, 0.15) is 0 Å². The average molecular weight is 396 g/mol. The standard InChI is InChI=1S/C25H24N4O/c1-28(16-19-9-8-12-21(15-19)25(26)30)17-22-18-29(23-13-6-3-7-14-23)27-24(22)20-10-4-2-5-11-20/h2-15,18H,16-17H2,1H3,(H2,26,30). The van der Waals surface area contributed by atoms with Crippen molar-refractivity contribution in [3.63, 3.8) is 0 Å². The molecule has 0 fully saturated rings. The molecule has 30 heavy (non-hydrogen) atoms. The summed E-state index contributed by atoms with van der Waals surface area (Å²) in [7, 11) is 2.06. The van der Waals surface area contributed by atoms with Crippen LogP contribution in [0, 0.1) is 0 Å². The highest BCUT2D eigenvalue weighted by Gasteiger charge is 2.14. The number of carbonyl (C=O) groups excluding carboxylic acids is 1. The Morgan fingerprint density at radius 1 is 0.933 bits per heavy atom. The van der Waals surface area contributed by atoms with Gasteiger partial charge >= 0.3 is 0 Å². The summed E-state index contributed by atoms with van der Waals surface area (Å²) >= 11 is 0. The summed E-state index contributed by atoms with van der Waals surface area (Å²) in [5.74, 6) is -0.407. The lowest BCUT2D eigenvalue weighted by molar-refractivity contribution is 0.1000. The Hall–Kier alpha value is -3.70. The lowest BCUT2D eigenvalue weighted by atomic mass is 10.1. The lowest BCUT2D eigenvalue weighted by Crippen LogP contribution is -2.18. The molecule has 5 nitrogen and oxygen atoms in total. The largest absolute Gasteiger partial charge is 0.366 e. The van der Waals surface area contributed by atoms with Crippen LogP contribution in [0.1, 0.15) is 21.5 Å². The lowest BCUT2D eigenvalue weighted by Gasteiger charge is -2.17. The molecular formula is C25H24N4O. The zero-order chi connectivity index (χ0) is 20.9. The van der Waals surface area contributed by atoms with Crippen LogP contribution >= 0.6 is 0 Å². The smallest absolute Gasteiger partial charge is 0.248 e. The molecule has 0 bridgehead atoms. The second-order valence-corrected chi connectivity index (χ2v) is 7.39. The Bertz CT molecular complexity index is 1140. The second-order valence-electron chi connectivity index (χ2n) is 7.39. The van der Waals surface area contributed by atoms with Gasteiger partial charge in [0, 0.05) is 36.0 Å². The van der Waals surface area contributed by atoms with E-state index in [0.717, 1.165) is 34.6 Å². The van der Waals surface area contributed by atoms with Crippen molar-refractivity contribution in [1.82, 2.24) is 14.7 Å². The first-order valence-electron chi connectivity index (χ1n) is 9.87. The first kappa shape index (κ1) is 19.6. The predicted octanol–water partition coefficient (Wildman–Crippen LogP) is 4.27. The molecule has 5 heteroatoms. The number of carbonyl (C=O) groups is 1. The number of aromatic nitrogens is 2. The van der Waals surface area contributed by atoms with E-state index in [1.165, 1.54) is 0 Å². The summed E-state index contributed by atoms with van der Waals surface area (Å²) in [6, 6.07) is 27.8. The maximum absolute atomic E-state index is 11.5. The van der Waals surface area contributed by atoms with Crippen molar-refractivity contribution in [2.75, 3.05) is 7.05 Å². The van der Waals surface area contributed by atoms with E-state index in [2.05, 4.69) is 30.3 Å². The number of benzene rings is 3. The molecule has 0 radical (unpaired) electrons. The van der Waals surface area contributed by atoms with Crippen molar-refractivity contribution in [2.24, 2.45) is 5.73 Å². The van der Waals surface area contributed by atoms with E-state index in [4.69, 9.17) is 10.8 Å². The third kappa shape index (κ3) is 4.47. The summed E-state index contributed by atoms with van der Waals surface area (Å²) in [5.41, 5.74) is 11.2. The molecule has 4 rings (SSSR count). The summed E-state index contributed by atoms with van der Waals surface area (Å²) in [5, 5.41) is 4.88. The fourth-order valence-corrected chi connectivity index (χ4v) is 3.56.